The lowest BCUT2D eigenvalue weighted by Crippen LogP contribution is -2.13. The zero-order valence-corrected chi connectivity index (χ0v) is 11.9. The summed E-state index contributed by atoms with van der Waals surface area (Å²) in [4.78, 5) is 21.6. The first-order valence-electron chi connectivity index (χ1n) is 5.59. The fourth-order valence-electron chi connectivity index (χ4n) is 1.55. The first kappa shape index (κ1) is 15.0. The second-order valence-corrected chi connectivity index (χ2v) is 4.86. The van der Waals surface area contributed by atoms with Gasteiger partial charge in [0.05, 0.1) is 21.1 Å². The van der Waals surface area contributed by atoms with Gasteiger partial charge in [0.1, 0.15) is 5.82 Å². The summed E-state index contributed by atoms with van der Waals surface area (Å²) in [6, 6.07) is 6.43. The third kappa shape index (κ3) is 3.40. The van der Waals surface area contributed by atoms with Crippen molar-refractivity contribution in [2.75, 3.05) is 5.32 Å². The van der Waals surface area contributed by atoms with Crippen molar-refractivity contribution in [1.29, 1.82) is 0 Å². The van der Waals surface area contributed by atoms with Crippen molar-refractivity contribution in [2.24, 2.45) is 0 Å². The van der Waals surface area contributed by atoms with Gasteiger partial charge in [0.2, 0.25) is 0 Å². The third-order valence-electron chi connectivity index (χ3n) is 2.59. The Kier molecular flexibility index (Phi) is 4.27. The van der Waals surface area contributed by atoms with Gasteiger partial charge in [-0.2, -0.15) is 0 Å². The van der Waals surface area contributed by atoms with Gasteiger partial charge in [0.25, 0.3) is 11.6 Å². The molecule has 0 atom stereocenters. The molecule has 0 aliphatic rings. The standard InChI is InChI=1S/C13H7BrF2N2O3/c14-9-5-7(1-3-10(9)15)13(19)17-12-4-2-8(18(20)21)6-11(12)16/h1-6H,(H,17,19). The number of nitro groups is 1. The van der Waals surface area contributed by atoms with E-state index in [0.29, 0.717) is 6.07 Å². The number of nitrogens with zero attached hydrogens (tertiary/aromatic N) is 1. The highest BCUT2D eigenvalue weighted by atomic mass is 79.9. The van der Waals surface area contributed by atoms with Crippen LogP contribution in [0.4, 0.5) is 20.2 Å². The van der Waals surface area contributed by atoms with Gasteiger partial charge in [-0.1, -0.05) is 0 Å². The molecule has 0 aromatic heterocycles. The highest BCUT2D eigenvalue weighted by Crippen LogP contribution is 2.22. The van der Waals surface area contributed by atoms with Gasteiger partial charge in [-0.25, -0.2) is 8.78 Å². The first-order valence-corrected chi connectivity index (χ1v) is 6.38. The number of hydrogen-bond donors (Lipinski definition) is 1. The van der Waals surface area contributed by atoms with Crippen LogP contribution >= 0.6 is 15.9 Å². The number of nitrogens with one attached hydrogen (secondary N) is 1. The van der Waals surface area contributed by atoms with Gasteiger partial charge in [0.15, 0.2) is 5.82 Å². The van der Waals surface area contributed by atoms with Gasteiger partial charge in [0, 0.05) is 11.6 Å². The van der Waals surface area contributed by atoms with E-state index in [-0.39, 0.29) is 15.7 Å². The molecule has 8 heteroatoms. The monoisotopic (exact) mass is 356 g/mol. The second-order valence-electron chi connectivity index (χ2n) is 4.00. The molecule has 0 unspecified atom stereocenters. The Morgan fingerprint density at radius 3 is 2.43 bits per heavy atom. The number of rotatable bonds is 3. The number of anilines is 1. The van der Waals surface area contributed by atoms with E-state index in [4.69, 9.17) is 0 Å². The summed E-state index contributed by atoms with van der Waals surface area (Å²) in [6.07, 6.45) is 0. The molecule has 21 heavy (non-hydrogen) atoms. The minimum Gasteiger partial charge on any atom is -0.319 e. The molecule has 0 bridgehead atoms. The van der Waals surface area contributed by atoms with E-state index in [1.54, 1.807) is 0 Å². The second kappa shape index (κ2) is 5.96. The lowest BCUT2D eigenvalue weighted by molar-refractivity contribution is -0.385. The smallest absolute Gasteiger partial charge is 0.272 e. The SMILES string of the molecule is O=C(Nc1ccc([N+](=O)[O-])cc1F)c1ccc(F)c(Br)c1. The summed E-state index contributed by atoms with van der Waals surface area (Å²) in [5, 5.41) is 12.7. The van der Waals surface area contributed by atoms with Crippen molar-refractivity contribution < 1.29 is 18.5 Å². The average molecular weight is 357 g/mol. The molecule has 1 amide bonds. The molecule has 0 aliphatic carbocycles. The molecule has 108 valence electrons. The van der Waals surface area contributed by atoms with Gasteiger partial charge in [-0.15, -0.1) is 0 Å². The highest BCUT2D eigenvalue weighted by molar-refractivity contribution is 9.10. The van der Waals surface area contributed by atoms with Crippen molar-refractivity contribution in [2.45, 2.75) is 0 Å². The van der Waals surface area contributed by atoms with Crippen molar-refractivity contribution in [3.63, 3.8) is 0 Å². The topological polar surface area (TPSA) is 72.2 Å². The minimum atomic E-state index is -0.932. The van der Waals surface area contributed by atoms with Crippen LogP contribution in [0, 0.1) is 21.7 Å². The molecule has 0 heterocycles. The number of carbonyl (C=O) groups is 1. The van der Waals surface area contributed by atoms with Crippen LogP contribution in [-0.4, -0.2) is 10.8 Å². The van der Waals surface area contributed by atoms with Crippen LogP contribution in [0.3, 0.4) is 0 Å². The van der Waals surface area contributed by atoms with Crippen LogP contribution in [0.5, 0.6) is 0 Å². The fraction of sp³-hybridized carbons (Fsp3) is 0. The number of amides is 1. The molecule has 0 aliphatic heterocycles. The quantitative estimate of drug-likeness (QED) is 0.669. The van der Waals surface area contributed by atoms with Gasteiger partial charge < -0.3 is 5.32 Å². The lowest BCUT2D eigenvalue weighted by Gasteiger charge is -2.07. The molecule has 0 saturated carbocycles. The summed E-state index contributed by atoms with van der Waals surface area (Å²) in [5.41, 5.74) is -0.512. The Bertz CT molecular complexity index is 737. The predicted octanol–water partition coefficient (Wildman–Crippen LogP) is 3.89. The molecule has 2 rings (SSSR count). The summed E-state index contributed by atoms with van der Waals surface area (Å²) < 4.78 is 26.8. The Morgan fingerprint density at radius 1 is 1.14 bits per heavy atom. The number of nitro benzene ring substituents is 1. The van der Waals surface area contributed by atoms with E-state index < -0.39 is 28.2 Å². The van der Waals surface area contributed by atoms with E-state index in [2.05, 4.69) is 21.2 Å². The Hall–Kier alpha value is -2.35. The van der Waals surface area contributed by atoms with E-state index in [1.165, 1.54) is 12.1 Å². The molecule has 0 spiro atoms. The maximum absolute atomic E-state index is 13.6. The molecule has 2 aromatic rings. The Labute approximate surface area is 125 Å². The van der Waals surface area contributed by atoms with Crippen LogP contribution in [0.1, 0.15) is 10.4 Å². The largest absolute Gasteiger partial charge is 0.319 e. The van der Waals surface area contributed by atoms with Gasteiger partial charge in [-0.05, 0) is 40.2 Å². The summed E-state index contributed by atoms with van der Waals surface area (Å²) in [6.45, 7) is 0. The normalized spacial score (nSPS) is 10.2. The van der Waals surface area contributed by atoms with Crippen LogP contribution in [0.25, 0.3) is 0 Å². The first-order chi connectivity index (χ1) is 9.88. The van der Waals surface area contributed by atoms with Crippen molar-refractivity contribution in [3.8, 4) is 0 Å². The average Bonchev–Trinajstić information content (AvgIpc) is 2.43. The number of carbonyl (C=O) groups excluding carboxylic acids is 1. The minimum absolute atomic E-state index is 0.0966. The molecule has 0 saturated heterocycles. The summed E-state index contributed by atoms with van der Waals surface area (Å²) in [7, 11) is 0. The number of hydrogen-bond acceptors (Lipinski definition) is 3. The number of halogens is 3. The third-order valence-corrected chi connectivity index (χ3v) is 3.20. The highest BCUT2D eigenvalue weighted by Gasteiger charge is 2.14. The van der Waals surface area contributed by atoms with Gasteiger partial charge >= 0.3 is 0 Å². The van der Waals surface area contributed by atoms with Crippen LogP contribution in [0.15, 0.2) is 40.9 Å². The van der Waals surface area contributed by atoms with E-state index >= 15 is 0 Å². The van der Waals surface area contributed by atoms with E-state index in [1.807, 2.05) is 0 Å². The molecule has 5 nitrogen and oxygen atoms in total. The molecule has 1 N–H and O–H groups in total. The zero-order chi connectivity index (χ0) is 15.6. The van der Waals surface area contributed by atoms with Crippen molar-refractivity contribution in [3.05, 3.63) is 68.2 Å². The number of non-ortho nitro benzene ring substituents is 1. The van der Waals surface area contributed by atoms with E-state index in [0.717, 1.165) is 18.2 Å². The molecule has 2 aromatic carbocycles. The Morgan fingerprint density at radius 2 is 1.86 bits per heavy atom. The molecule has 0 fully saturated rings. The van der Waals surface area contributed by atoms with Crippen LogP contribution in [0.2, 0.25) is 0 Å². The van der Waals surface area contributed by atoms with Crippen molar-refractivity contribution >= 4 is 33.2 Å². The zero-order valence-electron chi connectivity index (χ0n) is 10.3. The Balaban J connectivity index is 2.23. The van der Waals surface area contributed by atoms with Crippen LogP contribution < -0.4 is 5.32 Å². The predicted molar refractivity (Wildman–Crippen MR) is 75.1 cm³/mol. The maximum atomic E-state index is 13.6. The maximum Gasteiger partial charge on any atom is 0.272 e. The molecular formula is C13H7BrF2N2O3. The lowest BCUT2D eigenvalue weighted by atomic mass is 10.2. The van der Waals surface area contributed by atoms with Crippen LogP contribution in [-0.2, 0) is 0 Å². The molecular weight excluding hydrogens is 350 g/mol. The molecule has 0 radical (unpaired) electrons. The summed E-state index contributed by atoms with van der Waals surface area (Å²) >= 11 is 2.94. The van der Waals surface area contributed by atoms with Crippen molar-refractivity contribution in [1.82, 2.24) is 0 Å². The summed E-state index contributed by atoms with van der Waals surface area (Å²) in [5.74, 6) is -2.13. The fourth-order valence-corrected chi connectivity index (χ4v) is 1.93. The number of benzene rings is 2. The van der Waals surface area contributed by atoms with E-state index in [9.17, 15) is 23.7 Å². The van der Waals surface area contributed by atoms with Gasteiger partial charge in [-0.3, -0.25) is 14.9 Å².